The SMILES string of the molecule is CC(=O)N[C@@H](CC(N)=O)C(=O)N(C)C(=O)[C@@H]1CCCN1C(=O)[C@@H](N)Cc1ccc(O)cc1. The number of imide groups is 1. The molecular weight excluding hydrogens is 418 g/mol. The quantitative estimate of drug-likeness (QED) is 0.379. The third-order valence-electron chi connectivity index (χ3n) is 5.27. The van der Waals surface area contributed by atoms with Gasteiger partial charge in [-0.25, -0.2) is 0 Å². The van der Waals surface area contributed by atoms with Crippen LogP contribution in [0.3, 0.4) is 0 Å². The first-order valence-corrected chi connectivity index (χ1v) is 10.2. The summed E-state index contributed by atoms with van der Waals surface area (Å²) in [6.45, 7) is 1.49. The average molecular weight is 447 g/mol. The zero-order valence-corrected chi connectivity index (χ0v) is 18.1. The molecule has 0 saturated carbocycles. The summed E-state index contributed by atoms with van der Waals surface area (Å²) in [6, 6.07) is 3.23. The van der Waals surface area contributed by atoms with E-state index in [9.17, 15) is 29.1 Å². The molecule has 0 spiro atoms. The lowest BCUT2D eigenvalue weighted by molar-refractivity contribution is -0.152. The molecule has 0 bridgehead atoms. The van der Waals surface area contributed by atoms with E-state index >= 15 is 0 Å². The van der Waals surface area contributed by atoms with Crippen LogP contribution in [-0.4, -0.2) is 76.2 Å². The molecule has 11 heteroatoms. The van der Waals surface area contributed by atoms with Gasteiger partial charge in [-0.3, -0.25) is 28.9 Å². The van der Waals surface area contributed by atoms with Crippen LogP contribution >= 0.6 is 0 Å². The number of likely N-dealkylation sites (tertiary alicyclic amines) is 1. The first-order chi connectivity index (χ1) is 15.0. The van der Waals surface area contributed by atoms with Crippen LogP contribution in [0.1, 0.15) is 31.7 Å². The maximum atomic E-state index is 13.0. The Balaban J connectivity index is 2.09. The number of phenolic OH excluding ortho intramolecular Hbond substituents is 1. The Morgan fingerprint density at radius 2 is 1.84 bits per heavy atom. The standard InChI is InChI=1S/C21H29N5O6/c1-12(27)24-16(11-18(23)29)20(31)25(2)21(32)17-4-3-9-26(17)19(30)15(22)10-13-5-7-14(28)8-6-13/h5-8,15-17,28H,3-4,9-11,22H2,1-2H3,(H2,23,29)(H,24,27)/t15-,16-,17-/m0/s1. The molecule has 32 heavy (non-hydrogen) atoms. The van der Waals surface area contributed by atoms with Crippen LogP contribution in [0.4, 0.5) is 0 Å². The van der Waals surface area contributed by atoms with Gasteiger partial charge >= 0.3 is 0 Å². The summed E-state index contributed by atoms with van der Waals surface area (Å²) in [5.41, 5.74) is 12.0. The van der Waals surface area contributed by atoms with Crippen molar-refractivity contribution < 1.29 is 29.1 Å². The molecule has 0 radical (unpaired) electrons. The van der Waals surface area contributed by atoms with Crippen LogP contribution in [0.5, 0.6) is 5.75 Å². The fourth-order valence-corrected chi connectivity index (χ4v) is 3.69. The van der Waals surface area contributed by atoms with Crippen molar-refractivity contribution >= 4 is 29.5 Å². The second-order valence-corrected chi connectivity index (χ2v) is 7.83. The van der Waals surface area contributed by atoms with Gasteiger partial charge in [0, 0.05) is 20.5 Å². The highest BCUT2D eigenvalue weighted by Crippen LogP contribution is 2.21. The number of likely N-dealkylation sites (N-methyl/N-ethyl adjacent to an activating group) is 1. The molecule has 6 N–H and O–H groups in total. The minimum absolute atomic E-state index is 0.0976. The molecular formula is C21H29N5O6. The monoisotopic (exact) mass is 447 g/mol. The van der Waals surface area contributed by atoms with Crippen LogP contribution in [0.15, 0.2) is 24.3 Å². The molecule has 174 valence electrons. The molecule has 2 rings (SSSR count). The summed E-state index contributed by atoms with van der Waals surface area (Å²) in [6.07, 6.45) is 0.677. The van der Waals surface area contributed by atoms with Crippen molar-refractivity contribution in [3.8, 4) is 5.75 Å². The van der Waals surface area contributed by atoms with E-state index in [1.54, 1.807) is 12.1 Å². The second-order valence-electron chi connectivity index (χ2n) is 7.83. The maximum absolute atomic E-state index is 13.0. The fraction of sp³-hybridized carbons (Fsp3) is 0.476. The number of carbonyl (C=O) groups excluding carboxylic acids is 5. The number of aromatic hydroxyl groups is 1. The van der Waals surface area contributed by atoms with Crippen molar-refractivity contribution in [2.45, 2.75) is 50.7 Å². The number of nitrogens with one attached hydrogen (secondary N) is 1. The highest BCUT2D eigenvalue weighted by atomic mass is 16.3. The molecule has 1 heterocycles. The molecule has 1 aliphatic rings. The predicted octanol–water partition coefficient (Wildman–Crippen LogP) is -1.38. The van der Waals surface area contributed by atoms with Crippen LogP contribution in [0, 0.1) is 0 Å². The van der Waals surface area contributed by atoms with Gasteiger partial charge in [-0.2, -0.15) is 0 Å². The number of amides is 5. The predicted molar refractivity (Wildman–Crippen MR) is 114 cm³/mol. The van der Waals surface area contributed by atoms with Gasteiger partial charge in [0.1, 0.15) is 17.8 Å². The summed E-state index contributed by atoms with van der Waals surface area (Å²) in [7, 11) is 1.23. The van der Waals surface area contributed by atoms with Crippen LogP contribution in [0.2, 0.25) is 0 Å². The molecule has 11 nitrogen and oxygen atoms in total. The number of phenols is 1. The van der Waals surface area contributed by atoms with E-state index in [2.05, 4.69) is 5.32 Å². The zero-order valence-electron chi connectivity index (χ0n) is 18.1. The molecule has 0 unspecified atom stereocenters. The van der Waals surface area contributed by atoms with Gasteiger partial charge in [0.15, 0.2) is 0 Å². The summed E-state index contributed by atoms with van der Waals surface area (Å²) >= 11 is 0. The fourth-order valence-electron chi connectivity index (χ4n) is 3.69. The Morgan fingerprint density at radius 1 is 1.22 bits per heavy atom. The van der Waals surface area contributed by atoms with Crippen molar-refractivity contribution in [3.63, 3.8) is 0 Å². The van der Waals surface area contributed by atoms with Crippen LogP contribution in [-0.2, 0) is 30.4 Å². The lowest BCUT2D eigenvalue weighted by Gasteiger charge is -2.30. The normalized spacial score (nSPS) is 17.3. The van der Waals surface area contributed by atoms with E-state index < -0.39 is 54.1 Å². The molecule has 1 aliphatic heterocycles. The molecule has 0 aliphatic carbocycles. The van der Waals surface area contributed by atoms with Gasteiger partial charge in [0.25, 0.3) is 11.8 Å². The van der Waals surface area contributed by atoms with Gasteiger partial charge < -0.3 is 26.8 Å². The number of rotatable bonds is 8. The van der Waals surface area contributed by atoms with Crippen LogP contribution < -0.4 is 16.8 Å². The number of hydrogen-bond acceptors (Lipinski definition) is 7. The number of benzene rings is 1. The van der Waals surface area contributed by atoms with E-state index in [-0.39, 0.29) is 12.2 Å². The molecule has 5 amide bonds. The average Bonchev–Trinajstić information content (AvgIpc) is 3.21. The molecule has 0 aromatic heterocycles. The second kappa shape index (κ2) is 10.7. The van der Waals surface area contributed by atoms with E-state index in [0.29, 0.717) is 19.4 Å². The van der Waals surface area contributed by atoms with Gasteiger partial charge in [-0.1, -0.05) is 12.1 Å². The lowest BCUT2D eigenvalue weighted by atomic mass is 10.0. The highest BCUT2D eigenvalue weighted by Gasteiger charge is 2.40. The van der Waals surface area contributed by atoms with E-state index in [1.807, 2.05) is 0 Å². The van der Waals surface area contributed by atoms with Crippen molar-refractivity contribution in [2.75, 3.05) is 13.6 Å². The third-order valence-corrected chi connectivity index (χ3v) is 5.27. The van der Waals surface area contributed by atoms with Gasteiger partial charge in [-0.15, -0.1) is 0 Å². The highest BCUT2D eigenvalue weighted by molar-refractivity contribution is 6.03. The number of hydrogen-bond donors (Lipinski definition) is 4. The number of carbonyl (C=O) groups is 5. The number of primary amides is 1. The summed E-state index contributed by atoms with van der Waals surface area (Å²) in [5.74, 6) is -3.11. The number of nitrogens with two attached hydrogens (primary N) is 2. The smallest absolute Gasteiger partial charge is 0.252 e. The molecule has 3 atom stereocenters. The molecule has 1 aromatic rings. The van der Waals surface area contributed by atoms with Gasteiger partial charge in [0.2, 0.25) is 17.7 Å². The minimum Gasteiger partial charge on any atom is -0.508 e. The number of nitrogens with zero attached hydrogens (tertiary/aromatic N) is 2. The summed E-state index contributed by atoms with van der Waals surface area (Å²) in [5, 5.41) is 11.7. The van der Waals surface area contributed by atoms with Crippen LogP contribution in [0.25, 0.3) is 0 Å². The van der Waals surface area contributed by atoms with E-state index in [0.717, 1.165) is 10.5 Å². The van der Waals surface area contributed by atoms with E-state index in [4.69, 9.17) is 11.5 Å². The molecule has 1 aromatic carbocycles. The summed E-state index contributed by atoms with van der Waals surface area (Å²) < 4.78 is 0. The lowest BCUT2D eigenvalue weighted by Crippen LogP contribution is -2.56. The third kappa shape index (κ3) is 6.27. The first-order valence-electron chi connectivity index (χ1n) is 10.2. The maximum Gasteiger partial charge on any atom is 0.252 e. The molecule has 1 fully saturated rings. The summed E-state index contributed by atoms with van der Waals surface area (Å²) in [4.78, 5) is 63.5. The van der Waals surface area contributed by atoms with Crippen molar-refractivity contribution in [3.05, 3.63) is 29.8 Å². The first kappa shape index (κ1) is 24.8. The van der Waals surface area contributed by atoms with Crippen molar-refractivity contribution in [1.29, 1.82) is 0 Å². The van der Waals surface area contributed by atoms with Gasteiger partial charge in [-0.05, 0) is 37.0 Å². The van der Waals surface area contributed by atoms with Gasteiger partial charge in [0.05, 0.1) is 12.5 Å². The van der Waals surface area contributed by atoms with Crippen molar-refractivity contribution in [1.82, 2.24) is 15.1 Å². The topological polar surface area (TPSA) is 176 Å². The zero-order chi connectivity index (χ0) is 24.0. The Labute approximate surface area is 185 Å². The Morgan fingerprint density at radius 3 is 2.41 bits per heavy atom. The Hall–Kier alpha value is -3.47. The Kier molecular flexibility index (Phi) is 8.30. The van der Waals surface area contributed by atoms with E-state index in [1.165, 1.54) is 31.0 Å². The minimum atomic E-state index is -1.28. The Bertz CT molecular complexity index is 871. The largest absolute Gasteiger partial charge is 0.508 e. The van der Waals surface area contributed by atoms with Crippen molar-refractivity contribution in [2.24, 2.45) is 11.5 Å². The molecule has 1 saturated heterocycles.